The first-order valence-electron chi connectivity index (χ1n) is 4.57. The quantitative estimate of drug-likeness (QED) is 0.648. The fourth-order valence-electron chi connectivity index (χ4n) is 1.11. The van der Waals surface area contributed by atoms with Crippen LogP contribution in [-0.2, 0) is 0 Å². The zero-order chi connectivity index (χ0) is 11.3. The van der Waals surface area contributed by atoms with Crippen molar-refractivity contribution in [2.24, 2.45) is 0 Å². The summed E-state index contributed by atoms with van der Waals surface area (Å²) in [5, 5.41) is 29.4. The number of aliphatic hydroxyl groups is 2. The van der Waals surface area contributed by atoms with E-state index in [1.807, 2.05) is 13.0 Å². The lowest BCUT2D eigenvalue weighted by Crippen LogP contribution is -2.23. The second-order valence-electron chi connectivity index (χ2n) is 3.18. The fraction of sp³-hybridized carbons (Fsp3) is 0.400. The van der Waals surface area contributed by atoms with Crippen molar-refractivity contribution in [1.29, 1.82) is 5.26 Å². The molecule has 1 aromatic heterocycles. The molecule has 15 heavy (non-hydrogen) atoms. The van der Waals surface area contributed by atoms with Crippen LogP contribution in [0.3, 0.4) is 0 Å². The first kappa shape index (κ1) is 11.4. The number of rotatable bonds is 4. The SMILES string of the molecule is Cc1ccnc(NCC(O)CO)c1C#N. The van der Waals surface area contributed by atoms with Crippen molar-refractivity contribution in [2.45, 2.75) is 13.0 Å². The van der Waals surface area contributed by atoms with E-state index in [1.54, 1.807) is 12.3 Å². The minimum absolute atomic E-state index is 0.168. The van der Waals surface area contributed by atoms with Gasteiger partial charge in [0.15, 0.2) is 0 Å². The number of hydrogen-bond donors (Lipinski definition) is 3. The van der Waals surface area contributed by atoms with E-state index in [9.17, 15) is 0 Å². The summed E-state index contributed by atoms with van der Waals surface area (Å²) in [7, 11) is 0. The van der Waals surface area contributed by atoms with Crippen LogP contribution in [0.1, 0.15) is 11.1 Å². The summed E-state index contributed by atoms with van der Waals surface area (Å²) in [6, 6.07) is 3.78. The molecule has 1 unspecified atom stereocenters. The molecule has 0 spiro atoms. The summed E-state index contributed by atoms with van der Waals surface area (Å²) < 4.78 is 0. The first-order valence-corrected chi connectivity index (χ1v) is 4.57. The van der Waals surface area contributed by atoms with E-state index < -0.39 is 6.10 Å². The van der Waals surface area contributed by atoms with Crippen LogP contribution in [0.15, 0.2) is 12.3 Å². The lowest BCUT2D eigenvalue weighted by Gasteiger charge is -2.11. The van der Waals surface area contributed by atoms with E-state index in [-0.39, 0.29) is 13.2 Å². The Morgan fingerprint density at radius 1 is 1.67 bits per heavy atom. The van der Waals surface area contributed by atoms with Gasteiger partial charge in [-0.2, -0.15) is 5.26 Å². The summed E-state index contributed by atoms with van der Waals surface area (Å²) in [5.74, 6) is 0.435. The highest BCUT2D eigenvalue weighted by Gasteiger charge is 2.07. The monoisotopic (exact) mass is 207 g/mol. The Balaban J connectivity index is 2.77. The molecule has 1 rings (SSSR count). The smallest absolute Gasteiger partial charge is 0.144 e. The number of nitrogens with zero attached hydrogens (tertiary/aromatic N) is 2. The van der Waals surface area contributed by atoms with Crippen LogP contribution in [-0.4, -0.2) is 34.5 Å². The number of nitriles is 1. The molecule has 0 aliphatic rings. The molecule has 5 heteroatoms. The van der Waals surface area contributed by atoms with Gasteiger partial charge in [-0.15, -0.1) is 0 Å². The van der Waals surface area contributed by atoms with E-state index in [2.05, 4.69) is 10.3 Å². The van der Waals surface area contributed by atoms with Crippen molar-refractivity contribution >= 4 is 5.82 Å². The Hall–Kier alpha value is -1.64. The molecule has 0 aliphatic heterocycles. The van der Waals surface area contributed by atoms with Crippen LogP contribution in [0.2, 0.25) is 0 Å². The molecule has 0 fully saturated rings. The normalized spacial score (nSPS) is 11.9. The van der Waals surface area contributed by atoms with E-state index in [0.29, 0.717) is 11.4 Å². The molecule has 80 valence electrons. The summed E-state index contributed by atoms with van der Waals surface area (Å²) in [6.45, 7) is 1.66. The average molecular weight is 207 g/mol. The van der Waals surface area contributed by atoms with E-state index in [0.717, 1.165) is 5.56 Å². The number of nitrogens with one attached hydrogen (secondary N) is 1. The molecule has 0 amide bonds. The summed E-state index contributed by atoms with van der Waals surface area (Å²) in [4.78, 5) is 3.99. The Bertz CT molecular complexity index is 373. The summed E-state index contributed by atoms with van der Waals surface area (Å²) in [5.41, 5.74) is 1.29. The second kappa shape index (κ2) is 5.29. The van der Waals surface area contributed by atoms with E-state index in [4.69, 9.17) is 15.5 Å². The Kier molecular flexibility index (Phi) is 4.03. The average Bonchev–Trinajstić information content (AvgIpc) is 2.25. The third-order valence-electron chi connectivity index (χ3n) is 1.99. The predicted octanol–water partition coefficient (Wildman–Crippen LogP) is 0.0268. The van der Waals surface area contributed by atoms with Gasteiger partial charge in [-0.25, -0.2) is 4.98 Å². The predicted molar refractivity (Wildman–Crippen MR) is 55.3 cm³/mol. The van der Waals surface area contributed by atoms with Crippen molar-refractivity contribution in [3.63, 3.8) is 0 Å². The molecular formula is C10H13N3O2. The molecule has 0 bridgehead atoms. The highest BCUT2D eigenvalue weighted by atomic mass is 16.3. The maximum atomic E-state index is 9.13. The first-order chi connectivity index (χ1) is 7.19. The maximum absolute atomic E-state index is 9.13. The van der Waals surface area contributed by atoms with Gasteiger partial charge in [0.25, 0.3) is 0 Å². The third-order valence-corrected chi connectivity index (χ3v) is 1.99. The van der Waals surface area contributed by atoms with Crippen molar-refractivity contribution in [2.75, 3.05) is 18.5 Å². The molecule has 0 saturated carbocycles. The van der Waals surface area contributed by atoms with Gasteiger partial charge in [0.05, 0.1) is 18.3 Å². The topological polar surface area (TPSA) is 89.2 Å². The van der Waals surface area contributed by atoms with Crippen molar-refractivity contribution in [3.8, 4) is 6.07 Å². The zero-order valence-electron chi connectivity index (χ0n) is 8.44. The Labute approximate surface area is 88.0 Å². The van der Waals surface area contributed by atoms with Crippen LogP contribution in [0.5, 0.6) is 0 Å². The van der Waals surface area contributed by atoms with Gasteiger partial charge < -0.3 is 15.5 Å². The molecule has 1 atom stereocenters. The Morgan fingerprint density at radius 2 is 2.40 bits per heavy atom. The van der Waals surface area contributed by atoms with Gasteiger partial charge >= 0.3 is 0 Å². The molecule has 3 N–H and O–H groups in total. The number of aliphatic hydroxyl groups excluding tert-OH is 2. The van der Waals surface area contributed by atoms with Crippen LogP contribution in [0, 0.1) is 18.3 Å². The van der Waals surface area contributed by atoms with Crippen LogP contribution in [0.4, 0.5) is 5.82 Å². The third kappa shape index (κ3) is 2.91. The Morgan fingerprint density at radius 3 is 3.00 bits per heavy atom. The number of aryl methyl sites for hydroxylation is 1. The number of aromatic nitrogens is 1. The minimum atomic E-state index is -0.848. The van der Waals surface area contributed by atoms with Crippen LogP contribution in [0.25, 0.3) is 0 Å². The van der Waals surface area contributed by atoms with Gasteiger partial charge in [0.1, 0.15) is 11.9 Å². The number of pyridine rings is 1. The van der Waals surface area contributed by atoms with Gasteiger partial charge in [-0.3, -0.25) is 0 Å². The van der Waals surface area contributed by atoms with Gasteiger partial charge in [0, 0.05) is 12.7 Å². The van der Waals surface area contributed by atoms with Crippen molar-refractivity contribution in [1.82, 2.24) is 4.98 Å². The number of hydrogen-bond acceptors (Lipinski definition) is 5. The standard InChI is InChI=1S/C10H13N3O2/c1-7-2-3-12-10(9(7)4-11)13-5-8(15)6-14/h2-3,8,14-15H,5-6H2,1H3,(H,12,13). The lowest BCUT2D eigenvalue weighted by atomic mass is 10.1. The zero-order valence-corrected chi connectivity index (χ0v) is 8.44. The second-order valence-corrected chi connectivity index (χ2v) is 3.18. The van der Waals surface area contributed by atoms with Crippen molar-refractivity contribution in [3.05, 3.63) is 23.4 Å². The highest BCUT2D eigenvalue weighted by Crippen LogP contribution is 2.14. The van der Waals surface area contributed by atoms with E-state index >= 15 is 0 Å². The summed E-state index contributed by atoms with van der Waals surface area (Å²) in [6.07, 6.45) is 0.739. The maximum Gasteiger partial charge on any atom is 0.144 e. The van der Waals surface area contributed by atoms with Crippen molar-refractivity contribution < 1.29 is 10.2 Å². The molecule has 1 aromatic rings. The molecule has 0 saturated heterocycles. The van der Waals surface area contributed by atoms with Gasteiger partial charge in [-0.1, -0.05) is 0 Å². The minimum Gasteiger partial charge on any atom is -0.394 e. The molecular weight excluding hydrogens is 194 g/mol. The lowest BCUT2D eigenvalue weighted by molar-refractivity contribution is 0.105. The highest BCUT2D eigenvalue weighted by molar-refractivity contribution is 5.55. The molecule has 0 aromatic carbocycles. The molecule has 0 aliphatic carbocycles. The largest absolute Gasteiger partial charge is 0.394 e. The van der Waals surface area contributed by atoms with E-state index in [1.165, 1.54) is 0 Å². The molecule has 1 heterocycles. The summed E-state index contributed by atoms with van der Waals surface area (Å²) >= 11 is 0. The van der Waals surface area contributed by atoms with Gasteiger partial charge in [-0.05, 0) is 18.6 Å². The number of anilines is 1. The molecule has 5 nitrogen and oxygen atoms in total. The molecule has 0 radical (unpaired) electrons. The van der Waals surface area contributed by atoms with Crippen LogP contribution < -0.4 is 5.32 Å². The fourth-order valence-corrected chi connectivity index (χ4v) is 1.11. The van der Waals surface area contributed by atoms with Gasteiger partial charge in [0.2, 0.25) is 0 Å². The van der Waals surface area contributed by atoms with Crippen LogP contribution >= 0.6 is 0 Å².